The molecule has 1 heterocycles. The van der Waals surface area contributed by atoms with Gasteiger partial charge in [-0.1, -0.05) is 12.1 Å². The Labute approximate surface area is 102 Å². The summed E-state index contributed by atoms with van der Waals surface area (Å²) in [4.78, 5) is 4.17. The van der Waals surface area contributed by atoms with Gasteiger partial charge in [0.15, 0.2) is 0 Å². The fourth-order valence-corrected chi connectivity index (χ4v) is 1.84. The van der Waals surface area contributed by atoms with Crippen molar-refractivity contribution in [1.82, 2.24) is 4.98 Å². The summed E-state index contributed by atoms with van der Waals surface area (Å²) < 4.78 is 5.40. The number of fused-ring (bicyclic) bond motifs is 1. The van der Waals surface area contributed by atoms with Gasteiger partial charge < -0.3 is 10.1 Å². The van der Waals surface area contributed by atoms with Crippen LogP contribution in [0.4, 0.5) is 5.69 Å². The predicted molar refractivity (Wildman–Crippen MR) is 71.3 cm³/mol. The lowest BCUT2D eigenvalue weighted by atomic mass is 10.1. The monoisotopic (exact) mass is 230 g/mol. The molecule has 2 rings (SSSR count). The summed E-state index contributed by atoms with van der Waals surface area (Å²) in [6.07, 6.45) is 3.71. The van der Waals surface area contributed by atoms with Gasteiger partial charge >= 0.3 is 0 Å². The van der Waals surface area contributed by atoms with Crippen molar-refractivity contribution < 1.29 is 4.74 Å². The van der Waals surface area contributed by atoms with Crippen molar-refractivity contribution in [3.63, 3.8) is 0 Å². The van der Waals surface area contributed by atoms with Crippen LogP contribution in [0.1, 0.15) is 13.8 Å². The number of rotatable bonds is 5. The zero-order valence-electron chi connectivity index (χ0n) is 10.3. The minimum Gasteiger partial charge on any atom is -0.380 e. The maximum atomic E-state index is 5.40. The van der Waals surface area contributed by atoms with E-state index >= 15 is 0 Å². The highest BCUT2D eigenvalue weighted by Crippen LogP contribution is 2.22. The standard InChI is InChI=1S/C14H18N2O/c1-3-17-10-11(2)16-14-6-4-5-12-7-8-15-9-13(12)14/h4-9,11,16H,3,10H2,1-2H3. The number of benzene rings is 1. The second kappa shape index (κ2) is 5.64. The molecule has 1 unspecified atom stereocenters. The minimum atomic E-state index is 0.292. The Balaban J connectivity index is 2.18. The molecule has 0 fully saturated rings. The number of hydrogen-bond donors (Lipinski definition) is 1. The number of nitrogens with zero attached hydrogens (tertiary/aromatic N) is 1. The Morgan fingerprint density at radius 1 is 1.35 bits per heavy atom. The molecule has 90 valence electrons. The Bertz CT molecular complexity index is 479. The Hall–Kier alpha value is -1.61. The molecule has 1 aromatic heterocycles. The maximum Gasteiger partial charge on any atom is 0.0664 e. The Kier molecular flexibility index (Phi) is 3.94. The number of nitrogens with one attached hydrogen (secondary N) is 1. The first-order valence-electron chi connectivity index (χ1n) is 5.98. The fourth-order valence-electron chi connectivity index (χ4n) is 1.84. The second-order valence-corrected chi connectivity index (χ2v) is 4.11. The van der Waals surface area contributed by atoms with Gasteiger partial charge in [-0.15, -0.1) is 0 Å². The highest BCUT2D eigenvalue weighted by molar-refractivity contribution is 5.93. The van der Waals surface area contributed by atoms with Gasteiger partial charge in [0.2, 0.25) is 0 Å². The molecule has 0 bridgehead atoms. The average Bonchev–Trinajstić information content (AvgIpc) is 2.37. The molecule has 0 saturated carbocycles. The third kappa shape index (κ3) is 2.94. The summed E-state index contributed by atoms with van der Waals surface area (Å²) in [6.45, 7) is 5.59. The minimum absolute atomic E-state index is 0.292. The molecule has 2 aromatic rings. The van der Waals surface area contributed by atoms with Crippen molar-refractivity contribution in [3.05, 3.63) is 36.7 Å². The van der Waals surface area contributed by atoms with Crippen LogP contribution >= 0.6 is 0 Å². The summed E-state index contributed by atoms with van der Waals surface area (Å²) in [5.41, 5.74) is 1.11. The third-order valence-corrected chi connectivity index (χ3v) is 2.66. The van der Waals surface area contributed by atoms with Crippen molar-refractivity contribution in [2.75, 3.05) is 18.5 Å². The molecule has 0 spiro atoms. The molecule has 1 aromatic carbocycles. The molecule has 0 saturated heterocycles. The van der Waals surface area contributed by atoms with Crippen molar-refractivity contribution in [2.45, 2.75) is 19.9 Å². The Morgan fingerprint density at radius 2 is 2.24 bits per heavy atom. The van der Waals surface area contributed by atoms with Gasteiger partial charge in [-0.3, -0.25) is 4.98 Å². The molecular weight excluding hydrogens is 212 g/mol. The van der Waals surface area contributed by atoms with Gasteiger partial charge in [0.1, 0.15) is 0 Å². The summed E-state index contributed by atoms with van der Waals surface area (Å²) in [6, 6.07) is 8.54. The van der Waals surface area contributed by atoms with Crippen LogP contribution in [0.25, 0.3) is 10.8 Å². The summed E-state index contributed by atoms with van der Waals surface area (Å²) in [7, 11) is 0. The van der Waals surface area contributed by atoms with Gasteiger partial charge in [-0.2, -0.15) is 0 Å². The van der Waals surface area contributed by atoms with E-state index in [-0.39, 0.29) is 0 Å². The number of ether oxygens (including phenoxy) is 1. The van der Waals surface area contributed by atoms with Gasteiger partial charge in [0.05, 0.1) is 6.61 Å². The van der Waals surface area contributed by atoms with Gasteiger partial charge in [0.25, 0.3) is 0 Å². The molecule has 17 heavy (non-hydrogen) atoms. The van der Waals surface area contributed by atoms with E-state index in [9.17, 15) is 0 Å². The highest BCUT2D eigenvalue weighted by Gasteiger charge is 2.04. The largest absolute Gasteiger partial charge is 0.380 e. The van der Waals surface area contributed by atoms with Crippen LogP contribution in [-0.4, -0.2) is 24.2 Å². The molecular formula is C14H18N2O. The predicted octanol–water partition coefficient (Wildman–Crippen LogP) is 3.07. The Morgan fingerprint density at radius 3 is 3.06 bits per heavy atom. The van der Waals surface area contributed by atoms with Gasteiger partial charge in [0, 0.05) is 36.1 Å². The zero-order valence-corrected chi connectivity index (χ0v) is 10.3. The van der Waals surface area contributed by atoms with E-state index in [4.69, 9.17) is 4.74 Å². The molecule has 3 nitrogen and oxygen atoms in total. The molecule has 1 atom stereocenters. The first-order chi connectivity index (χ1) is 8.31. The lowest BCUT2D eigenvalue weighted by Gasteiger charge is -2.16. The van der Waals surface area contributed by atoms with Crippen LogP contribution in [-0.2, 0) is 4.74 Å². The molecule has 0 aliphatic carbocycles. The smallest absolute Gasteiger partial charge is 0.0664 e. The lowest BCUT2D eigenvalue weighted by molar-refractivity contribution is 0.141. The highest BCUT2D eigenvalue weighted by atomic mass is 16.5. The lowest BCUT2D eigenvalue weighted by Crippen LogP contribution is -2.21. The molecule has 3 heteroatoms. The average molecular weight is 230 g/mol. The number of hydrogen-bond acceptors (Lipinski definition) is 3. The third-order valence-electron chi connectivity index (χ3n) is 2.66. The van der Waals surface area contributed by atoms with Crippen LogP contribution < -0.4 is 5.32 Å². The topological polar surface area (TPSA) is 34.1 Å². The summed E-state index contributed by atoms with van der Waals surface area (Å²) in [5, 5.41) is 5.81. The first kappa shape index (κ1) is 11.9. The van der Waals surface area contributed by atoms with E-state index < -0.39 is 0 Å². The van der Waals surface area contributed by atoms with E-state index in [0.29, 0.717) is 12.6 Å². The SMILES string of the molecule is CCOCC(C)Nc1cccc2ccncc12. The normalized spacial score (nSPS) is 12.6. The fraction of sp³-hybridized carbons (Fsp3) is 0.357. The second-order valence-electron chi connectivity index (χ2n) is 4.11. The molecule has 0 radical (unpaired) electrons. The van der Waals surface area contributed by atoms with E-state index in [1.165, 1.54) is 5.39 Å². The van der Waals surface area contributed by atoms with Crippen molar-refractivity contribution >= 4 is 16.5 Å². The summed E-state index contributed by atoms with van der Waals surface area (Å²) >= 11 is 0. The van der Waals surface area contributed by atoms with Gasteiger partial charge in [-0.05, 0) is 31.4 Å². The number of aromatic nitrogens is 1. The van der Waals surface area contributed by atoms with Crippen LogP contribution in [0.3, 0.4) is 0 Å². The molecule has 0 aliphatic heterocycles. The van der Waals surface area contributed by atoms with E-state index in [2.05, 4.69) is 35.4 Å². The maximum absolute atomic E-state index is 5.40. The van der Waals surface area contributed by atoms with Crippen molar-refractivity contribution in [2.24, 2.45) is 0 Å². The number of anilines is 1. The zero-order chi connectivity index (χ0) is 12.1. The first-order valence-corrected chi connectivity index (χ1v) is 5.98. The molecule has 0 aliphatic rings. The van der Waals surface area contributed by atoms with Crippen molar-refractivity contribution in [1.29, 1.82) is 0 Å². The van der Waals surface area contributed by atoms with Crippen LogP contribution in [0, 0.1) is 0 Å². The van der Waals surface area contributed by atoms with Crippen LogP contribution in [0.5, 0.6) is 0 Å². The van der Waals surface area contributed by atoms with E-state index in [1.54, 1.807) is 0 Å². The quantitative estimate of drug-likeness (QED) is 0.857. The van der Waals surface area contributed by atoms with E-state index in [1.807, 2.05) is 25.4 Å². The van der Waals surface area contributed by atoms with Crippen LogP contribution in [0.2, 0.25) is 0 Å². The van der Waals surface area contributed by atoms with Gasteiger partial charge in [-0.25, -0.2) is 0 Å². The summed E-state index contributed by atoms with van der Waals surface area (Å²) in [5.74, 6) is 0. The molecule has 1 N–H and O–H groups in total. The van der Waals surface area contributed by atoms with E-state index in [0.717, 1.165) is 17.7 Å². The molecule has 0 amide bonds. The van der Waals surface area contributed by atoms with Crippen molar-refractivity contribution in [3.8, 4) is 0 Å². The number of pyridine rings is 1. The van der Waals surface area contributed by atoms with Crippen LogP contribution in [0.15, 0.2) is 36.7 Å².